The highest BCUT2D eigenvalue weighted by Crippen LogP contribution is 2.27. The number of esters is 1. The van der Waals surface area contributed by atoms with Crippen LogP contribution < -0.4 is 9.47 Å². The van der Waals surface area contributed by atoms with Crippen LogP contribution in [-0.4, -0.2) is 31.5 Å². The Balaban J connectivity index is 1.95. The van der Waals surface area contributed by atoms with Gasteiger partial charge in [-0.3, -0.25) is 0 Å². The van der Waals surface area contributed by atoms with Gasteiger partial charge in [0.15, 0.2) is 0 Å². The Hall–Kier alpha value is -2.54. The second-order valence-electron chi connectivity index (χ2n) is 7.52. The standard InChI is InChI=1S/C25H31F3O4/c1-3-5-7-17-30-21-13-9-19(10-14-21)20-11-15-22(16-12-20)32-24(29)23(25(26,27)28)31-18-8-6-4-2/h9-16,23H,3-8,17-18H2,1-2H3. The number of alkyl halides is 3. The Morgan fingerprint density at radius 3 is 1.78 bits per heavy atom. The summed E-state index contributed by atoms with van der Waals surface area (Å²) in [5.74, 6) is -0.653. The highest BCUT2D eigenvalue weighted by atomic mass is 19.4. The molecule has 0 N–H and O–H groups in total. The van der Waals surface area contributed by atoms with Crippen molar-refractivity contribution >= 4 is 5.97 Å². The van der Waals surface area contributed by atoms with Gasteiger partial charge in [-0.05, 0) is 48.2 Å². The molecule has 0 aromatic heterocycles. The first-order valence-electron chi connectivity index (χ1n) is 11.1. The van der Waals surface area contributed by atoms with Crippen molar-refractivity contribution in [2.24, 2.45) is 0 Å². The maximum Gasteiger partial charge on any atom is 0.425 e. The molecule has 2 rings (SSSR count). The maximum absolute atomic E-state index is 13.2. The molecule has 0 aliphatic carbocycles. The monoisotopic (exact) mass is 452 g/mol. The zero-order valence-electron chi connectivity index (χ0n) is 18.6. The van der Waals surface area contributed by atoms with E-state index in [0.717, 1.165) is 49.0 Å². The molecule has 0 aliphatic rings. The number of unbranched alkanes of at least 4 members (excludes halogenated alkanes) is 4. The largest absolute Gasteiger partial charge is 0.494 e. The topological polar surface area (TPSA) is 44.8 Å². The third-order valence-electron chi connectivity index (χ3n) is 4.82. The Morgan fingerprint density at radius 2 is 1.28 bits per heavy atom. The molecule has 1 unspecified atom stereocenters. The number of hydrogen-bond donors (Lipinski definition) is 0. The van der Waals surface area contributed by atoms with Gasteiger partial charge in [0.2, 0.25) is 0 Å². The minimum Gasteiger partial charge on any atom is -0.494 e. The van der Waals surface area contributed by atoms with Crippen LogP contribution in [0.1, 0.15) is 52.4 Å². The first kappa shape index (κ1) is 25.7. The molecule has 0 fully saturated rings. The molecule has 0 bridgehead atoms. The van der Waals surface area contributed by atoms with Crippen LogP contribution in [0.2, 0.25) is 0 Å². The van der Waals surface area contributed by atoms with Crippen LogP contribution >= 0.6 is 0 Å². The van der Waals surface area contributed by atoms with Gasteiger partial charge in [0.25, 0.3) is 6.10 Å². The van der Waals surface area contributed by atoms with Crippen LogP contribution in [0.3, 0.4) is 0 Å². The van der Waals surface area contributed by atoms with E-state index in [1.165, 1.54) is 12.1 Å². The van der Waals surface area contributed by atoms with Crippen molar-refractivity contribution in [3.8, 4) is 22.6 Å². The number of carbonyl (C=O) groups is 1. The molecule has 0 radical (unpaired) electrons. The van der Waals surface area contributed by atoms with Gasteiger partial charge in [-0.1, -0.05) is 63.8 Å². The smallest absolute Gasteiger partial charge is 0.425 e. The lowest BCUT2D eigenvalue weighted by Gasteiger charge is -2.19. The summed E-state index contributed by atoms with van der Waals surface area (Å²) in [7, 11) is 0. The van der Waals surface area contributed by atoms with E-state index in [4.69, 9.17) is 14.2 Å². The summed E-state index contributed by atoms with van der Waals surface area (Å²) in [6.07, 6.45) is -2.13. The lowest BCUT2D eigenvalue weighted by Crippen LogP contribution is -2.42. The zero-order chi connectivity index (χ0) is 23.4. The fraction of sp³-hybridized carbons (Fsp3) is 0.480. The molecule has 0 saturated carbocycles. The molecule has 2 aromatic carbocycles. The number of benzene rings is 2. The first-order chi connectivity index (χ1) is 15.3. The van der Waals surface area contributed by atoms with Crippen molar-refractivity contribution < 1.29 is 32.2 Å². The van der Waals surface area contributed by atoms with Crippen molar-refractivity contribution in [2.75, 3.05) is 13.2 Å². The fourth-order valence-corrected chi connectivity index (χ4v) is 3.02. The van der Waals surface area contributed by atoms with Crippen LogP contribution in [0.5, 0.6) is 11.5 Å². The van der Waals surface area contributed by atoms with Crippen LogP contribution in [-0.2, 0) is 9.53 Å². The second kappa shape index (κ2) is 13.1. The van der Waals surface area contributed by atoms with Crippen molar-refractivity contribution in [1.29, 1.82) is 0 Å². The average molecular weight is 453 g/mol. The number of halogens is 3. The third kappa shape index (κ3) is 8.54. The van der Waals surface area contributed by atoms with E-state index in [1.54, 1.807) is 12.1 Å². The molecule has 176 valence electrons. The predicted molar refractivity (Wildman–Crippen MR) is 118 cm³/mol. The van der Waals surface area contributed by atoms with E-state index in [0.29, 0.717) is 13.0 Å². The number of hydrogen-bond acceptors (Lipinski definition) is 4. The van der Waals surface area contributed by atoms with E-state index in [2.05, 4.69) is 6.92 Å². The van der Waals surface area contributed by atoms with Crippen molar-refractivity contribution in [1.82, 2.24) is 0 Å². The molecular weight excluding hydrogens is 421 g/mol. The quantitative estimate of drug-likeness (QED) is 0.187. The van der Waals surface area contributed by atoms with Crippen LogP contribution in [0.4, 0.5) is 13.2 Å². The van der Waals surface area contributed by atoms with Gasteiger partial charge in [-0.2, -0.15) is 13.2 Å². The van der Waals surface area contributed by atoms with Crippen molar-refractivity contribution in [3.63, 3.8) is 0 Å². The SMILES string of the molecule is CCCCCOc1ccc(-c2ccc(OC(=O)C(OCCCCC)C(F)(F)F)cc2)cc1. The maximum atomic E-state index is 13.2. The Morgan fingerprint density at radius 1 is 0.781 bits per heavy atom. The van der Waals surface area contributed by atoms with E-state index < -0.39 is 18.2 Å². The van der Waals surface area contributed by atoms with Gasteiger partial charge in [-0.15, -0.1) is 0 Å². The zero-order valence-corrected chi connectivity index (χ0v) is 18.6. The summed E-state index contributed by atoms with van der Waals surface area (Å²) in [5, 5.41) is 0. The summed E-state index contributed by atoms with van der Waals surface area (Å²) in [4.78, 5) is 12.1. The van der Waals surface area contributed by atoms with Gasteiger partial charge in [-0.25, -0.2) is 4.79 Å². The minimum absolute atomic E-state index is 0.0287. The van der Waals surface area contributed by atoms with Gasteiger partial charge in [0.05, 0.1) is 6.61 Å². The van der Waals surface area contributed by atoms with E-state index in [-0.39, 0.29) is 12.4 Å². The van der Waals surface area contributed by atoms with Gasteiger partial charge < -0.3 is 14.2 Å². The Kier molecular flexibility index (Phi) is 10.5. The normalized spacial score (nSPS) is 12.4. The summed E-state index contributed by atoms with van der Waals surface area (Å²) in [6, 6.07) is 13.9. The summed E-state index contributed by atoms with van der Waals surface area (Å²) in [6.45, 7) is 4.59. The molecule has 7 heteroatoms. The molecule has 2 aromatic rings. The van der Waals surface area contributed by atoms with E-state index >= 15 is 0 Å². The average Bonchev–Trinajstić information content (AvgIpc) is 2.77. The van der Waals surface area contributed by atoms with Crippen LogP contribution in [0.25, 0.3) is 11.1 Å². The summed E-state index contributed by atoms with van der Waals surface area (Å²) >= 11 is 0. The predicted octanol–water partition coefficient (Wildman–Crippen LogP) is 6.97. The Labute approximate surface area is 187 Å². The molecule has 0 spiro atoms. The molecule has 4 nitrogen and oxygen atoms in total. The molecule has 0 amide bonds. The summed E-state index contributed by atoms with van der Waals surface area (Å²) < 4.78 is 54.9. The molecule has 0 saturated heterocycles. The second-order valence-corrected chi connectivity index (χ2v) is 7.52. The van der Waals surface area contributed by atoms with Gasteiger partial charge >= 0.3 is 12.1 Å². The van der Waals surface area contributed by atoms with Crippen molar-refractivity contribution in [2.45, 2.75) is 64.7 Å². The van der Waals surface area contributed by atoms with E-state index in [9.17, 15) is 18.0 Å². The lowest BCUT2D eigenvalue weighted by molar-refractivity contribution is -0.225. The van der Waals surface area contributed by atoms with Crippen molar-refractivity contribution in [3.05, 3.63) is 48.5 Å². The number of ether oxygens (including phenoxy) is 3. The molecule has 1 atom stereocenters. The molecule has 0 aliphatic heterocycles. The highest BCUT2D eigenvalue weighted by Gasteiger charge is 2.47. The summed E-state index contributed by atoms with van der Waals surface area (Å²) in [5.41, 5.74) is 1.75. The molecule has 0 heterocycles. The number of rotatable bonds is 13. The highest BCUT2D eigenvalue weighted by molar-refractivity contribution is 5.78. The Bertz CT molecular complexity index is 801. The fourth-order valence-electron chi connectivity index (χ4n) is 3.02. The molecular formula is C25H31F3O4. The first-order valence-corrected chi connectivity index (χ1v) is 11.1. The van der Waals surface area contributed by atoms with E-state index in [1.807, 2.05) is 31.2 Å². The number of carbonyl (C=O) groups excluding carboxylic acids is 1. The third-order valence-corrected chi connectivity index (χ3v) is 4.82. The van der Waals surface area contributed by atoms with Gasteiger partial charge in [0.1, 0.15) is 11.5 Å². The van der Waals surface area contributed by atoms with Crippen LogP contribution in [0, 0.1) is 0 Å². The molecule has 32 heavy (non-hydrogen) atoms. The van der Waals surface area contributed by atoms with Gasteiger partial charge in [0, 0.05) is 6.61 Å². The van der Waals surface area contributed by atoms with Crippen LogP contribution in [0.15, 0.2) is 48.5 Å². The lowest BCUT2D eigenvalue weighted by atomic mass is 10.1. The minimum atomic E-state index is -4.83.